The van der Waals surface area contributed by atoms with E-state index in [0.717, 1.165) is 71.9 Å². The van der Waals surface area contributed by atoms with Gasteiger partial charge in [-0.15, -0.1) is 0 Å². The van der Waals surface area contributed by atoms with Crippen LogP contribution in [0.5, 0.6) is 17.2 Å². The number of aryl methyl sites for hydroxylation is 3. The van der Waals surface area contributed by atoms with Crippen LogP contribution in [0.4, 0.5) is 0 Å². The molecule has 72 heavy (non-hydrogen) atoms. The molecule has 0 aliphatic rings. The number of benzene rings is 4. The lowest BCUT2D eigenvalue weighted by Crippen LogP contribution is -2.18. The van der Waals surface area contributed by atoms with Gasteiger partial charge in [0.2, 0.25) is 0 Å². The summed E-state index contributed by atoms with van der Waals surface area (Å²) >= 11 is 0. The average Bonchev–Trinajstić information content (AvgIpc) is 3.23. The number of rotatable bonds is 21. The van der Waals surface area contributed by atoms with Crippen molar-refractivity contribution < 1.29 is 15.3 Å². The van der Waals surface area contributed by atoms with Crippen LogP contribution in [0, 0.1) is 20.8 Å². The van der Waals surface area contributed by atoms with Crippen molar-refractivity contribution in [1.82, 2.24) is 0 Å². The number of hydrogen-bond donors (Lipinski definition) is 3. The fourth-order valence-corrected chi connectivity index (χ4v) is 11.4. The molecule has 0 saturated heterocycles. The van der Waals surface area contributed by atoms with Crippen LogP contribution in [-0.2, 0) is 71.0 Å². The van der Waals surface area contributed by atoms with Gasteiger partial charge >= 0.3 is 0 Å². The summed E-state index contributed by atoms with van der Waals surface area (Å²) in [5.41, 5.74) is 19.3. The first kappa shape index (κ1) is 60.8. The van der Waals surface area contributed by atoms with Crippen LogP contribution in [0.15, 0.2) is 36.4 Å². The van der Waals surface area contributed by atoms with Gasteiger partial charge in [-0.05, 0) is 214 Å². The second-order valence-corrected chi connectivity index (χ2v) is 28.7. The highest BCUT2D eigenvalue weighted by Gasteiger charge is 2.29. The monoisotopic (exact) mass is 985 g/mol. The first-order chi connectivity index (χ1) is 33.0. The molecule has 0 aliphatic carbocycles. The lowest BCUT2D eigenvalue weighted by molar-refractivity contribution is 0.421. The van der Waals surface area contributed by atoms with Crippen molar-refractivity contribution in [3.05, 3.63) is 120 Å². The van der Waals surface area contributed by atoms with E-state index in [1.807, 2.05) is 0 Å². The van der Waals surface area contributed by atoms with Crippen LogP contribution >= 0.6 is 0 Å². The topological polar surface area (TPSA) is 60.7 Å². The maximum Gasteiger partial charge on any atom is 0.123 e. The molecule has 0 bridgehead atoms. The standard InChI is InChI=1S/C69H108O3/c1-46-52(37-31-25-22-28-34-49-40-55(64(4,5)6)61(70)56(41-49)65(7,8)9)47(2)54(39-33-27-24-30-36-51-44-59(68(16,17)18)63(72)60(45-51)69(19,20)21)48(3)53(46)38-32-26-23-29-35-50-42-57(66(10,11)12)62(71)58(43-50)67(13,14)15/h40-45,70-72H,22-39H2,1-21H3. The molecule has 0 aliphatic heterocycles. The maximum atomic E-state index is 11.3. The molecule has 0 unspecified atom stereocenters. The van der Waals surface area contributed by atoms with Gasteiger partial charge in [0, 0.05) is 0 Å². The molecule has 0 fully saturated rings. The zero-order valence-electron chi connectivity index (χ0n) is 50.5. The van der Waals surface area contributed by atoms with Crippen molar-refractivity contribution in [3.63, 3.8) is 0 Å². The largest absolute Gasteiger partial charge is 0.507 e. The Morgan fingerprint density at radius 3 is 0.556 bits per heavy atom. The van der Waals surface area contributed by atoms with Crippen molar-refractivity contribution in [3.8, 4) is 17.2 Å². The fraction of sp³-hybridized carbons (Fsp3) is 0.652. The van der Waals surface area contributed by atoms with Crippen molar-refractivity contribution in [2.24, 2.45) is 0 Å². The third-order valence-corrected chi connectivity index (χ3v) is 16.0. The number of unbranched alkanes of at least 4 members (excludes halogenated alkanes) is 9. The minimum absolute atomic E-state index is 0.105. The maximum absolute atomic E-state index is 11.3. The Kier molecular flexibility index (Phi) is 20.5. The van der Waals surface area contributed by atoms with E-state index in [4.69, 9.17) is 0 Å². The molecule has 0 amide bonds. The van der Waals surface area contributed by atoms with Gasteiger partial charge in [0.1, 0.15) is 17.2 Å². The quantitative estimate of drug-likeness (QED) is 0.0729. The number of phenolic OH excluding ortho intramolecular Hbond substituents is 3. The van der Waals surface area contributed by atoms with Gasteiger partial charge in [0.25, 0.3) is 0 Å². The van der Waals surface area contributed by atoms with E-state index in [9.17, 15) is 15.3 Å². The molecule has 3 nitrogen and oxygen atoms in total. The molecule has 402 valence electrons. The summed E-state index contributed by atoms with van der Waals surface area (Å²) in [7, 11) is 0. The van der Waals surface area contributed by atoms with Crippen molar-refractivity contribution in [2.75, 3.05) is 0 Å². The number of aromatic hydroxyl groups is 3. The number of phenols is 3. The molecular formula is C69H108O3. The molecule has 4 rings (SSSR count). The Balaban J connectivity index is 1.46. The van der Waals surface area contributed by atoms with Gasteiger partial charge in [-0.1, -0.05) is 200 Å². The van der Waals surface area contributed by atoms with Crippen LogP contribution < -0.4 is 0 Å². The van der Waals surface area contributed by atoms with Gasteiger partial charge in [-0.3, -0.25) is 0 Å². The highest BCUT2D eigenvalue weighted by Crippen LogP contribution is 2.43. The smallest absolute Gasteiger partial charge is 0.123 e. The van der Waals surface area contributed by atoms with Crippen LogP contribution in [0.2, 0.25) is 0 Å². The van der Waals surface area contributed by atoms with Gasteiger partial charge in [0.15, 0.2) is 0 Å². The minimum atomic E-state index is -0.105. The van der Waals surface area contributed by atoms with Crippen LogP contribution in [-0.4, -0.2) is 15.3 Å². The Bertz CT molecular complexity index is 2020. The summed E-state index contributed by atoms with van der Waals surface area (Å²) in [4.78, 5) is 0. The zero-order valence-corrected chi connectivity index (χ0v) is 50.5. The van der Waals surface area contributed by atoms with E-state index in [0.29, 0.717) is 17.2 Å². The van der Waals surface area contributed by atoms with Crippen molar-refractivity contribution in [2.45, 2.75) is 293 Å². The van der Waals surface area contributed by atoms with Gasteiger partial charge in [-0.25, -0.2) is 0 Å². The average molecular weight is 986 g/mol. The van der Waals surface area contributed by atoms with E-state index in [2.05, 4.69) is 182 Å². The number of hydrogen-bond acceptors (Lipinski definition) is 3. The highest BCUT2D eigenvalue weighted by molar-refractivity contribution is 5.53. The second-order valence-electron chi connectivity index (χ2n) is 28.7. The molecule has 0 atom stereocenters. The fourth-order valence-electron chi connectivity index (χ4n) is 11.4. The normalized spacial score (nSPS) is 13.1. The third kappa shape index (κ3) is 16.4. The van der Waals surface area contributed by atoms with Crippen molar-refractivity contribution in [1.29, 1.82) is 0 Å². The molecule has 0 heterocycles. The van der Waals surface area contributed by atoms with E-state index in [1.165, 1.54) is 93.7 Å². The molecule has 0 spiro atoms. The molecule has 0 saturated carbocycles. The Hall–Kier alpha value is -3.72. The predicted octanol–water partition coefficient (Wildman–Crippen LogP) is 19.6. The highest BCUT2D eigenvalue weighted by atomic mass is 16.3. The van der Waals surface area contributed by atoms with Gasteiger partial charge in [-0.2, -0.15) is 0 Å². The molecule has 4 aromatic rings. The summed E-state index contributed by atoms with van der Waals surface area (Å²) in [6.07, 6.45) is 21.2. The zero-order chi connectivity index (χ0) is 54.4. The molecule has 3 N–H and O–H groups in total. The van der Waals surface area contributed by atoms with E-state index in [1.54, 1.807) is 33.4 Å². The minimum Gasteiger partial charge on any atom is -0.507 e. The summed E-state index contributed by atoms with van der Waals surface area (Å²) in [5, 5.41) is 33.9. The Morgan fingerprint density at radius 2 is 0.403 bits per heavy atom. The summed E-state index contributed by atoms with van der Waals surface area (Å²) in [6, 6.07) is 13.6. The lowest BCUT2D eigenvalue weighted by atomic mass is 9.78. The third-order valence-electron chi connectivity index (χ3n) is 16.0. The molecular weight excluding hydrogens is 877 g/mol. The first-order valence-electron chi connectivity index (χ1n) is 28.8. The van der Waals surface area contributed by atoms with Crippen LogP contribution in [0.3, 0.4) is 0 Å². The molecule has 0 radical (unpaired) electrons. The second kappa shape index (κ2) is 24.3. The SMILES string of the molecule is Cc1c(CCCCCCc2cc(C(C)(C)C)c(O)c(C(C)(C)C)c2)c(C)c(CCCCCCc2cc(C(C)(C)C)c(O)c(C(C)(C)C)c2)c(C)c1CCCCCCc1cc(C(C)(C)C)c(O)c(C(C)(C)C)c1. The van der Waals surface area contributed by atoms with Crippen molar-refractivity contribution >= 4 is 0 Å². The molecule has 3 heteroatoms. The molecule has 0 aromatic heterocycles. The van der Waals surface area contributed by atoms with Crippen LogP contribution in [0.1, 0.15) is 285 Å². The first-order valence-corrected chi connectivity index (χ1v) is 28.8. The Morgan fingerprint density at radius 1 is 0.250 bits per heavy atom. The van der Waals surface area contributed by atoms with Gasteiger partial charge < -0.3 is 15.3 Å². The Labute approximate surface area is 443 Å². The van der Waals surface area contributed by atoms with E-state index >= 15 is 0 Å². The summed E-state index contributed by atoms with van der Waals surface area (Å²) in [5.74, 6) is 1.43. The van der Waals surface area contributed by atoms with E-state index in [-0.39, 0.29) is 32.5 Å². The van der Waals surface area contributed by atoms with E-state index < -0.39 is 0 Å². The van der Waals surface area contributed by atoms with Crippen LogP contribution in [0.25, 0.3) is 0 Å². The lowest BCUT2D eigenvalue weighted by Gasteiger charge is -2.28. The summed E-state index contributed by atoms with van der Waals surface area (Å²) in [6.45, 7) is 47.1. The summed E-state index contributed by atoms with van der Waals surface area (Å²) < 4.78 is 0. The van der Waals surface area contributed by atoms with Gasteiger partial charge in [0.05, 0.1) is 0 Å². The molecule has 4 aromatic carbocycles. The predicted molar refractivity (Wildman–Crippen MR) is 315 cm³/mol.